The quantitative estimate of drug-likeness (QED) is 0.102. The van der Waals surface area contributed by atoms with Gasteiger partial charge < -0.3 is 11.5 Å². The van der Waals surface area contributed by atoms with E-state index in [9.17, 15) is 26.3 Å². The van der Waals surface area contributed by atoms with Crippen LogP contribution in [0.5, 0.6) is 0 Å². The SMILES string of the molecule is Cc1cccc2cc(Cn3nc(-c4cn[nH]c4)c4c(N)ncnc43)c(-c3ccccc3C(F)(F)F)nc12.Cc1cccc2cc(Cn3nc(I)c4c(N)ncnc43)c(-c3ccccc3C(F)(F)F)nc12. The van der Waals surface area contributed by atoms with Crippen LogP contribution in [0.25, 0.3) is 77.6 Å². The number of aryl methyl sites for hydroxylation is 2. The van der Waals surface area contributed by atoms with Crippen LogP contribution in [0.2, 0.25) is 0 Å². The third-order valence-electron chi connectivity index (χ3n) is 11.7. The van der Waals surface area contributed by atoms with E-state index in [2.05, 4.69) is 35.2 Å². The summed E-state index contributed by atoms with van der Waals surface area (Å²) in [7, 11) is 0. The summed E-state index contributed by atoms with van der Waals surface area (Å²) in [6, 6.07) is 26.0. The molecule has 0 fully saturated rings. The maximum absolute atomic E-state index is 14.0. The van der Waals surface area contributed by atoms with E-state index in [0.717, 1.165) is 34.0 Å². The predicted octanol–water partition coefficient (Wildman–Crippen LogP) is 11.0. The Balaban J connectivity index is 0.000000163. The van der Waals surface area contributed by atoms with Crippen molar-refractivity contribution in [1.82, 2.24) is 59.7 Å². The van der Waals surface area contributed by atoms with Gasteiger partial charge in [0, 0.05) is 44.8 Å². The molecule has 0 bridgehead atoms. The summed E-state index contributed by atoms with van der Waals surface area (Å²) in [6.07, 6.45) is -3.13. The molecular formula is C49H35F6IN14. The van der Waals surface area contributed by atoms with Crippen LogP contribution in [0.4, 0.5) is 38.0 Å². The third kappa shape index (κ3) is 8.45. The number of H-pyrrole nitrogens is 1. The molecule has 0 saturated heterocycles. The van der Waals surface area contributed by atoms with Crippen LogP contribution in [0, 0.1) is 17.5 Å². The van der Waals surface area contributed by atoms with Crippen molar-refractivity contribution in [2.45, 2.75) is 39.3 Å². The van der Waals surface area contributed by atoms with E-state index in [0.29, 0.717) is 65.0 Å². The maximum Gasteiger partial charge on any atom is 0.417 e. The first kappa shape index (κ1) is 45.7. The molecule has 0 aliphatic carbocycles. The fourth-order valence-corrected chi connectivity index (χ4v) is 9.28. The Bertz CT molecular complexity index is 3790. The lowest BCUT2D eigenvalue weighted by Crippen LogP contribution is -2.10. The van der Waals surface area contributed by atoms with Gasteiger partial charge >= 0.3 is 12.4 Å². The van der Waals surface area contributed by atoms with Gasteiger partial charge in [-0.25, -0.2) is 39.3 Å². The van der Waals surface area contributed by atoms with Crippen molar-refractivity contribution in [3.05, 3.63) is 159 Å². The monoisotopic (exact) mass is 1060 g/mol. The van der Waals surface area contributed by atoms with Gasteiger partial charge in [-0.15, -0.1) is 0 Å². The Morgan fingerprint density at radius 3 is 1.57 bits per heavy atom. The van der Waals surface area contributed by atoms with Crippen LogP contribution < -0.4 is 11.5 Å². The summed E-state index contributed by atoms with van der Waals surface area (Å²) in [4.78, 5) is 26.3. The molecule has 4 aromatic carbocycles. The second-order valence-corrected chi connectivity index (χ2v) is 17.3. The molecule has 11 rings (SSSR count). The van der Waals surface area contributed by atoms with E-state index in [1.165, 1.54) is 36.9 Å². The molecular weight excluding hydrogens is 1030 g/mol. The molecule has 21 heteroatoms. The summed E-state index contributed by atoms with van der Waals surface area (Å²) >= 11 is 2.05. The summed E-state index contributed by atoms with van der Waals surface area (Å²) in [5, 5.41) is 18.8. The Hall–Kier alpha value is -8.08. The first-order valence-corrected chi connectivity index (χ1v) is 22.3. The highest BCUT2D eigenvalue weighted by atomic mass is 127. The van der Waals surface area contributed by atoms with Gasteiger partial charge in [0.15, 0.2) is 11.3 Å². The zero-order valence-electron chi connectivity index (χ0n) is 36.7. The second-order valence-electron chi connectivity index (χ2n) is 16.2. The van der Waals surface area contributed by atoms with E-state index in [-0.39, 0.29) is 41.4 Å². The van der Waals surface area contributed by atoms with Gasteiger partial charge in [0.25, 0.3) is 0 Å². The van der Waals surface area contributed by atoms with Gasteiger partial charge in [0.05, 0.1) is 63.6 Å². The number of para-hydroxylation sites is 2. The Morgan fingerprint density at radius 2 is 1.07 bits per heavy atom. The Labute approximate surface area is 406 Å². The lowest BCUT2D eigenvalue weighted by molar-refractivity contribution is -0.137. The molecule has 11 aromatic rings. The largest absolute Gasteiger partial charge is 0.417 e. The van der Waals surface area contributed by atoms with E-state index in [1.54, 1.807) is 33.9 Å². The highest BCUT2D eigenvalue weighted by Crippen LogP contribution is 2.41. The fourth-order valence-electron chi connectivity index (χ4n) is 8.50. The van der Waals surface area contributed by atoms with Crippen molar-refractivity contribution in [1.29, 1.82) is 0 Å². The normalized spacial score (nSPS) is 12.0. The molecule has 0 atom stereocenters. The molecule has 7 aromatic heterocycles. The van der Waals surface area contributed by atoms with E-state index < -0.39 is 23.5 Å². The number of nitrogens with two attached hydrogens (primary N) is 2. The van der Waals surface area contributed by atoms with Crippen molar-refractivity contribution >= 4 is 78.1 Å². The van der Waals surface area contributed by atoms with Gasteiger partial charge in [0.2, 0.25) is 0 Å². The summed E-state index contributed by atoms with van der Waals surface area (Å²) in [5.41, 5.74) is 17.5. The molecule has 7 heterocycles. The number of nitrogens with one attached hydrogen (secondary N) is 1. The van der Waals surface area contributed by atoms with Crippen molar-refractivity contribution in [2.75, 3.05) is 11.5 Å². The van der Waals surface area contributed by atoms with E-state index >= 15 is 0 Å². The van der Waals surface area contributed by atoms with Gasteiger partial charge in [-0.3, -0.25) is 5.10 Å². The zero-order chi connectivity index (χ0) is 49.1. The molecule has 0 radical (unpaired) electrons. The predicted molar refractivity (Wildman–Crippen MR) is 262 cm³/mol. The van der Waals surface area contributed by atoms with Crippen LogP contribution >= 0.6 is 22.6 Å². The Kier molecular flexibility index (Phi) is 11.6. The highest BCUT2D eigenvalue weighted by Gasteiger charge is 2.36. The number of halogens is 7. The van der Waals surface area contributed by atoms with Crippen molar-refractivity contribution in [3.8, 4) is 33.8 Å². The highest BCUT2D eigenvalue weighted by molar-refractivity contribution is 14.1. The molecule has 0 aliphatic heterocycles. The lowest BCUT2D eigenvalue weighted by atomic mass is 9.97. The van der Waals surface area contributed by atoms with Crippen LogP contribution in [0.1, 0.15) is 33.4 Å². The molecule has 0 unspecified atom stereocenters. The molecule has 0 saturated carbocycles. The number of fused-ring (bicyclic) bond motifs is 4. The number of hydrogen-bond acceptors (Lipinski definition) is 11. The molecule has 0 amide bonds. The summed E-state index contributed by atoms with van der Waals surface area (Å²) in [5.74, 6) is 0.535. The van der Waals surface area contributed by atoms with Gasteiger partial charge in [-0.1, -0.05) is 72.8 Å². The van der Waals surface area contributed by atoms with Crippen molar-refractivity contribution < 1.29 is 26.3 Å². The topological polar surface area (TPSA) is 194 Å². The molecule has 70 heavy (non-hydrogen) atoms. The zero-order valence-corrected chi connectivity index (χ0v) is 38.8. The van der Waals surface area contributed by atoms with E-state index in [4.69, 9.17) is 26.5 Å². The number of pyridine rings is 2. The molecule has 0 aliphatic rings. The molecule has 350 valence electrons. The fraction of sp³-hybridized carbons (Fsp3) is 0.122. The number of nitrogen functional groups attached to an aromatic ring is 2. The number of hydrogen-bond donors (Lipinski definition) is 3. The van der Waals surface area contributed by atoms with Crippen molar-refractivity contribution in [2.24, 2.45) is 0 Å². The Morgan fingerprint density at radius 1 is 0.586 bits per heavy atom. The average Bonchev–Trinajstić information content (AvgIpc) is 4.08. The number of rotatable bonds is 7. The number of benzene rings is 4. The molecule has 5 N–H and O–H groups in total. The first-order valence-electron chi connectivity index (χ1n) is 21.3. The standard InChI is InChI=1S/C26H19F3N8.C23H16F3IN6/c1-14-5-4-6-15-9-16(22(35-21(14)15)18-7-2-3-8-19(18)26(27,28)29)12-37-25-20(24(30)31-13-32-25)23(36-37)17-10-33-34-11-17;1-12-5-4-6-13-9-14(10-33-22-17(20(27)32-33)21(28)29-11-30-22)19(31-18(12)13)15-7-2-3-8-16(15)23(24,25)26/h2-11,13H,12H2,1H3,(H,33,34)(H2,30,31,32);2-9,11H,10H2,1H3,(H2,28,29,30). The number of nitrogens with zero attached hydrogens (tertiary/aromatic N) is 11. The van der Waals surface area contributed by atoms with Gasteiger partial charge in [0.1, 0.15) is 33.7 Å². The number of alkyl halides is 6. The minimum atomic E-state index is -4.55. The summed E-state index contributed by atoms with van der Waals surface area (Å²) < 4.78 is 87.5. The van der Waals surface area contributed by atoms with Crippen LogP contribution in [0.15, 0.2) is 122 Å². The number of aromatic amines is 1. The molecule has 14 nitrogen and oxygen atoms in total. The third-order valence-corrected chi connectivity index (χ3v) is 12.5. The van der Waals surface area contributed by atoms with Crippen LogP contribution in [-0.2, 0) is 25.4 Å². The maximum atomic E-state index is 14.0. The van der Waals surface area contributed by atoms with Crippen LogP contribution in [-0.4, -0.2) is 59.7 Å². The molecule has 0 spiro atoms. The minimum absolute atomic E-state index is 0.00388. The first-order chi connectivity index (χ1) is 33.5. The minimum Gasteiger partial charge on any atom is -0.383 e. The second kappa shape index (κ2) is 17.8. The average molecular weight is 1060 g/mol. The van der Waals surface area contributed by atoms with Gasteiger partial charge in [-0.2, -0.15) is 41.6 Å². The number of anilines is 2. The number of aromatic nitrogens is 12. The van der Waals surface area contributed by atoms with E-state index in [1.807, 2.05) is 85.0 Å². The summed E-state index contributed by atoms with van der Waals surface area (Å²) in [6.45, 7) is 4.03. The van der Waals surface area contributed by atoms with Crippen molar-refractivity contribution in [3.63, 3.8) is 0 Å². The van der Waals surface area contributed by atoms with Crippen LogP contribution in [0.3, 0.4) is 0 Å². The smallest absolute Gasteiger partial charge is 0.383 e. The lowest BCUT2D eigenvalue weighted by Gasteiger charge is -2.17. The van der Waals surface area contributed by atoms with Gasteiger partial charge in [-0.05, 0) is 71.8 Å².